The number of halogens is 3. The van der Waals surface area contributed by atoms with E-state index in [0.717, 1.165) is 0 Å². The molecule has 22 heavy (non-hydrogen) atoms. The van der Waals surface area contributed by atoms with Crippen LogP contribution in [0.3, 0.4) is 0 Å². The Morgan fingerprint density at radius 1 is 0.682 bits per heavy atom. The Kier molecular flexibility index (Phi) is 7.25. The third-order valence-electron chi connectivity index (χ3n) is 2.55. The van der Waals surface area contributed by atoms with Gasteiger partial charge in [0.2, 0.25) is 0 Å². The average Bonchev–Trinajstić information content (AvgIpc) is 2.48. The zero-order valence-electron chi connectivity index (χ0n) is 11.5. The standard InChI is InChI=1S/C9H3Cl3O3.C7H8/c10-7(13)4-1-5(8(11)14)3-6(2-4)9(12)15;1-7-5-3-2-4-6-7/h1-3H;2-6H,1H3. The first kappa shape index (κ1) is 18.4. The summed E-state index contributed by atoms with van der Waals surface area (Å²) in [6, 6.07) is 13.8. The van der Waals surface area contributed by atoms with Crippen LogP contribution in [0.2, 0.25) is 0 Å². The Bertz CT molecular complexity index is 618. The first-order valence-corrected chi connectivity index (χ1v) is 7.21. The summed E-state index contributed by atoms with van der Waals surface area (Å²) in [7, 11) is 0. The minimum absolute atomic E-state index is 0.00725. The normalized spacial score (nSPS) is 9.45. The van der Waals surface area contributed by atoms with Gasteiger partial charge in [-0.3, -0.25) is 14.4 Å². The maximum Gasteiger partial charge on any atom is 0.252 e. The SMILES string of the molecule is Cc1ccccc1.O=C(Cl)c1cc(C(=O)Cl)cc(C(=O)Cl)c1. The van der Waals surface area contributed by atoms with Crippen molar-refractivity contribution >= 4 is 50.5 Å². The Balaban J connectivity index is 0.000000287. The molecule has 0 fully saturated rings. The number of benzene rings is 2. The lowest BCUT2D eigenvalue weighted by molar-refractivity contribution is 0.108. The molecule has 0 heterocycles. The van der Waals surface area contributed by atoms with Crippen molar-refractivity contribution in [3.05, 3.63) is 70.8 Å². The molecule has 0 aliphatic carbocycles. The highest BCUT2D eigenvalue weighted by Crippen LogP contribution is 2.16. The fraction of sp³-hybridized carbons (Fsp3) is 0.0625. The maximum absolute atomic E-state index is 10.9. The van der Waals surface area contributed by atoms with Crippen LogP contribution in [0, 0.1) is 6.92 Å². The quantitative estimate of drug-likeness (QED) is 0.740. The van der Waals surface area contributed by atoms with Crippen molar-refractivity contribution in [2.24, 2.45) is 0 Å². The fourth-order valence-corrected chi connectivity index (χ4v) is 1.83. The minimum Gasteiger partial charge on any atom is -0.276 e. The summed E-state index contributed by atoms with van der Waals surface area (Å²) in [5.41, 5.74) is 1.30. The Hall–Kier alpha value is -1.68. The predicted octanol–water partition coefficient (Wildman–Crippen LogP) is 4.82. The van der Waals surface area contributed by atoms with E-state index in [0.29, 0.717) is 0 Å². The van der Waals surface area contributed by atoms with Gasteiger partial charge in [0.05, 0.1) is 0 Å². The van der Waals surface area contributed by atoms with Gasteiger partial charge in [0.1, 0.15) is 0 Å². The molecule has 0 N–H and O–H groups in total. The van der Waals surface area contributed by atoms with Crippen LogP contribution in [-0.4, -0.2) is 15.7 Å². The molecule has 2 aromatic carbocycles. The smallest absolute Gasteiger partial charge is 0.252 e. The van der Waals surface area contributed by atoms with Crippen molar-refractivity contribution in [1.82, 2.24) is 0 Å². The number of aryl methyl sites for hydroxylation is 1. The average molecular weight is 358 g/mol. The molecular weight excluding hydrogens is 347 g/mol. The molecule has 2 rings (SSSR count). The van der Waals surface area contributed by atoms with Gasteiger partial charge in [0.15, 0.2) is 0 Å². The van der Waals surface area contributed by atoms with Gasteiger partial charge in [-0.05, 0) is 59.9 Å². The van der Waals surface area contributed by atoms with Crippen LogP contribution in [0.15, 0.2) is 48.5 Å². The number of rotatable bonds is 3. The van der Waals surface area contributed by atoms with Gasteiger partial charge in [0, 0.05) is 16.7 Å². The molecular formula is C16H11Cl3O3. The third kappa shape index (κ3) is 5.98. The molecule has 0 aromatic heterocycles. The highest BCUT2D eigenvalue weighted by molar-refractivity contribution is 6.70. The van der Waals surface area contributed by atoms with Gasteiger partial charge in [-0.15, -0.1) is 0 Å². The van der Waals surface area contributed by atoms with Crippen LogP contribution in [0.25, 0.3) is 0 Å². The lowest BCUT2D eigenvalue weighted by Gasteiger charge is -2.00. The van der Waals surface area contributed by atoms with Gasteiger partial charge in [-0.1, -0.05) is 35.9 Å². The lowest BCUT2D eigenvalue weighted by atomic mass is 10.1. The number of hydrogen-bond acceptors (Lipinski definition) is 3. The van der Waals surface area contributed by atoms with Gasteiger partial charge in [-0.25, -0.2) is 0 Å². The number of carbonyl (C=O) groups excluding carboxylic acids is 3. The van der Waals surface area contributed by atoms with Gasteiger partial charge < -0.3 is 0 Å². The summed E-state index contributed by atoms with van der Waals surface area (Å²) in [5.74, 6) is 0. The molecule has 6 heteroatoms. The van der Waals surface area contributed by atoms with E-state index < -0.39 is 15.7 Å². The highest BCUT2D eigenvalue weighted by Gasteiger charge is 2.12. The molecule has 0 aliphatic heterocycles. The summed E-state index contributed by atoms with van der Waals surface area (Å²) in [6.45, 7) is 2.08. The Morgan fingerprint density at radius 2 is 1.00 bits per heavy atom. The molecule has 0 unspecified atom stereocenters. The number of hydrogen-bond donors (Lipinski definition) is 0. The van der Waals surface area contributed by atoms with Crippen molar-refractivity contribution in [2.45, 2.75) is 6.92 Å². The van der Waals surface area contributed by atoms with E-state index in [4.69, 9.17) is 34.8 Å². The van der Waals surface area contributed by atoms with E-state index in [1.807, 2.05) is 18.2 Å². The van der Waals surface area contributed by atoms with Crippen LogP contribution >= 0.6 is 34.8 Å². The molecule has 0 saturated heterocycles. The summed E-state index contributed by atoms with van der Waals surface area (Å²) in [5, 5.41) is -2.39. The topological polar surface area (TPSA) is 51.2 Å². The fourth-order valence-electron chi connectivity index (χ4n) is 1.50. The van der Waals surface area contributed by atoms with E-state index in [2.05, 4.69) is 19.1 Å². The monoisotopic (exact) mass is 356 g/mol. The second-order valence-electron chi connectivity index (χ2n) is 4.27. The second-order valence-corrected chi connectivity index (χ2v) is 5.30. The summed E-state index contributed by atoms with van der Waals surface area (Å²) in [6.07, 6.45) is 0. The molecule has 114 valence electrons. The molecule has 0 spiro atoms. The largest absolute Gasteiger partial charge is 0.276 e. The molecule has 0 aliphatic rings. The van der Waals surface area contributed by atoms with Crippen molar-refractivity contribution in [3.8, 4) is 0 Å². The number of carbonyl (C=O) groups is 3. The van der Waals surface area contributed by atoms with Crippen LogP contribution in [0.5, 0.6) is 0 Å². The molecule has 0 bridgehead atoms. The molecule has 0 saturated carbocycles. The van der Waals surface area contributed by atoms with E-state index in [1.165, 1.54) is 23.8 Å². The predicted molar refractivity (Wildman–Crippen MR) is 88.2 cm³/mol. The van der Waals surface area contributed by atoms with Crippen LogP contribution in [0.1, 0.15) is 36.6 Å². The van der Waals surface area contributed by atoms with Crippen molar-refractivity contribution in [2.75, 3.05) is 0 Å². The maximum atomic E-state index is 10.9. The summed E-state index contributed by atoms with van der Waals surface area (Å²) < 4.78 is 0. The first-order chi connectivity index (χ1) is 10.3. The van der Waals surface area contributed by atoms with Crippen molar-refractivity contribution < 1.29 is 14.4 Å². The van der Waals surface area contributed by atoms with Crippen molar-refractivity contribution in [1.29, 1.82) is 0 Å². The summed E-state index contributed by atoms with van der Waals surface area (Å²) in [4.78, 5) is 32.6. The van der Waals surface area contributed by atoms with E-state index in [1.54, 1.807) is 0 Å². The zero-order valence-corrected chi connectivity index (χ0v) is 13.7. The molecule has 0 amide bonds. The summed E-state index contributed by atoms with van der Waals surface area (Å²) >= 11 is 15.6. The molecule has 0 atom stereocenters. The zero-order chi connectivity index (χ0) is 16.7. The highest BCUT2D eigenvalue weighted by atomic mass is 35.5. The minimum atomic E-state index is -0.797. The van der Waals surface area contributed by atoms with Crippen LogP contribution in [0.4, 0.5) is 0 Å². The Morgan fingerprint density at radius 3 is 1.18 bits per heavy atom. The van der Waals surface area contributed by atoms with E-state index in [-0.39, 0.29) is 16.7 Å². The van der Waals surface area contributed by atoms with Gasteiger partial charge in [-0.2, -0.15) is 0 Å². The third-order valence-corrected chi connectivity index (χ3v) is 3.21. The molecule has 0 radical (unpaired) electrons. The van der Waals surface area contributed by atoms with Gasteiger partial charge in [0.25, 0.3) is 15.7 Å². The lowest BCUT2D eigenvalue weighted by Crippen LogP contribution is -2.00. The van der Waals surface area contributed by atoms with E-state index in [9.17, 15) is 14.4 Å². The Labute approximate surface area is 142 Å². The second kappa shape index (κ2) is 8.69. The van der Waals surface area contributed by atoms with Crippen LogP contribution in [-0.2, 0) is 0 Å². The molecule has 2 aromatic rings. The van der Waals surface area contributed by atoms with Crippen LogP contribution < -0.4 is 0 Å². The van der Waals surface area contributed by atoms with Gasteiger partial charge >= 0.3 is 0 Å². The molecule has 3 nitrogen and oxygen atoms in total. The first-order valence-electron chi connectivity index (χ1n) is 6.07. The van der Waals surface area contributed by atoms with E-state index >= 15 is 0 Å². The van der Waals surface area contributed by atoms with Crippen molar-refractivity contribution in [3.63, 3.8) is 0 Å².